The largest absolute Gasteiger partial charge is 0.395 e. The highest BCUT2D eigenvalue weighted by Crippen LogP contribution is 2.27. The highest BCUT2D eigenvalue weighted by molar-refractivity contribution is 5.80. The summed E-state index contributed by atoms with van der Waals surface area (Å²) in [5.74, 6) is 0.908. The fraction of sp³-hybridized carbons (Fsp3) is 0.381. The summed E-state index contributed by atoms with van der Waals surface area (Å²) < 4.78 is 7.55. The van der Waals surface area contributed by atoms with Crippen LogP contribution >= 0.6 is 0 Å². The number of hydrogen-bond donors (Lipinski definition) is 1. The molecular weight excluding hydrogens is 326 g/mol. The molecule has 1 aliphatic rings. The Balaban J connectivity index is 1.64. The first-order valence-electron chi connectivity index (χ1n) is 9.26. The molecule has 5 heteroatoms. The lowest BCUT2D eigenvalue weighted by Crippen LogP contribution is -2.37. The molecule has 4 rings (SSSR count). The van der Waals surface area contributed by atoms with Gasteiger partial charge in [0.1, 0.15) is 5.82 Å². The number of imidazole rings is 1. The second kappa shape index (κ2) is 7.58. The average molecular weight is 351 g/mol. The molecule has 5 nitrogen and oxygen atoms in total. The maximum atomic E-state index is 9.47. The Morgan fingerprint density at radius 3 is 2.54 bits per heavy atom. The number of rotatable bonds is 5. The smallest absolute Gasteiger partial charge is 0.141 e. The van der Waals surface area contributed by atoms with Gasteiger partial charge in [-0.25, -0.2) is 4.98 Å². The fourth-order valence-corrected chi connectivity index (χ4v) is 3.71. The van der Waals surface area contributed by atoms with Crippen molar-refractivity contribution in [2.45, 2.75) is 19.5 Å². The van der Waals surface area contributed by atoms with Gasteiger partial charge in [0.15, 0.2) is 0 Å². The van der Waals surface area contributed by atoms with Crippen LogP contribution in [0.4, 0.5) is 0 Å². The van der Waals surface area contributed by atoms with E-state index >= 15 is 0 Å². The van der Waals surface area contributed by atoms with Crippen molar-refractivity contribution in [3.05, 3.63) is 54.1 Å². The van der Waals surface area contributed by atoms with Gasteiger partial charge in [-0.1, -0.05) is 36.4 Å². The van der Waals surface area contributed by atoms with E-state index in [2.05, 4.69) is 46.7 Å². The van der Waals surface area contributed by atoms with E-state index in [-0.39, 0.29) is 6.61 Å². The number of para-hydroxylation sites is 2. The van der Waals surface area contributed by atoms with Crippen LogP contribution in [0.5, 0.6) is 0 Å². The van der Waals surface area contributed by atoms with Crippen LogP contribution in [0.2, 0.25) is 0 Å². The molecule has 1 aliphatic heterocycles. The summed E-state index contributed by atoms with van der Waals surface area (Å²) in [5.41, 5.74) is 4.40. The zero-order chi connectivity index (χ0) is 17.9. The zero-order valence-electron chi connectivity index (χ0n) is 15.1. The number of aliphatic hydroxyl groups excluding tert-OH is 1. The maximum Gasteiger partial charge on any atom is 0.141 e. The van der Waals surface area contributed by atoms with Crippen molar-refractivity contribution in [3.63, 3.8) is 0 Å². The van der Waals surface area contributed by atoms with Gasteiger partial charge in [0.25, 0.3) is 0 Å². The van der Waals surface area contributed by atoms with E-state index in [9.17, 15) is 5.11 Å². The van der Waals surface area contributed by atoms with Crippen molar-refractivity contribution in [3.8, 4) is 11.4 Å². The third-order valence-electron chi connectivity index (χ3n) is 5.22. The SMILES string of the molecule is C[C@@H](c1ccc(-c2nc3ccccc3n2CCO)cc1)N1CCOCC1. The van der Waals surface area contributed by atoms with Crippen LogP contribution in [0.3, 0.4) is 0 Å². The summed E-state index contributed by atoms with van der Waals surface area (Å²) in [5, 5.41) is 9.47. The molecule has 0 radical (unpaired) electrons. The molecule has 0 spiro atoms. The summed E-state index contributed by atoms with van der Waals surface area (Å²) >= 11 is 0. The van der Waals surface area contributed by atoms with Gasteiger partial charge in [0.05, 0.1) is 30.9 Å². The molecule has 136 valence electrons. The molecule has 1 aromatic heterocycles. The number of hydrogen-bond acceptors (Lipinski definition) is 4. The highest BCUT2D eigenvalue weighted by atomic mass is 16.5. The molecule has 3 aromatic rings. The summed E-state index contributed by atoms with van der Waals surface area (Å²) in [4.78, 5) is 7.25. The van der Waals surface area contributed by atoms with Crippen molar-refractivity contribution >= 4 is 11.0 Å². The number of aliphatic hydroxyl groups is 1. The highest BCUT2D eigenvalue weighted by Gasteiger charge is 2.19. The summed E-state index contributed by atoms with van der Waals surface area (Å²) in [6, 6.07) is 17.1. The van der Waals surface area contributed by atoms with E-state index in [1.54, 1.807) is 0 Å². The monoisotopic (exact) mass is 351 g/mol. The van der Waals surface area contributed by atoms with E-state index in [1.807, 2.05) is 18.2 Å². The minimum atomic E-state index is 0.0967. The Bertz CT molecular complexity index is 867. The normalized spacial score (nSPS) is 16.8. The molecule has 1 N–H and O–H groups in total. The van der Waals surface area contributed by atoms with E-state index < -0.39 is 0 Å². The second-order valence-electron chi connectivity index (χ2n) is 6.75. The first-order chi connectivity index (χ1) is 12.8. The van der Waals surface area contributed by atoms with Crippen molar-refractivity contribution < 1.29 is 9.84 Å². The maximum absolute atomic E-state index is 9.47. The second-order valence-corrected chi connectivity index (χ2v) is 6.75. The number of nitrogens with zero attached hydrogens (tertiary/aromatic N) is 3. The van der Waals surface area contributed by atoms with Gasteiger partial charge in [-0.05, 0) is 24.6 Å². The molecule has 1 saturated heterocycles. The molecule has 0 unspecified atom stereocenters. The summed E-state index contributed by atoms with van der Waals surface area (Å²) in [6.45, 7) is 6.48. The topological polar surface area (TPSA) is 50.5 Å². The lowest BCUT2D eigenvalue weighted by atomic mass is 10.0. The molecule has 0 bridgehead atoms. The minimum Gasteiger partial charge on any atom is -0.395 e. The predicted octanol–water partition coefficient (Wildman–Crippen LogP) is 3.09. The average Bonchev–Trinajstić information content (AvgIpc) is 3.07. The molecule has 1 fully saturated rings. The first kappa shape index (κ1) is 17.2. The van der Waals surface area contributed by atoms with Gasteiger partial charge < -0.3 is 14.4 Å². The van der Waals surface area contributed by atoms with Gasteiger partial charge in [-0.15, -0.1) is 0 Å². The molecule has 2 aromatic carbocycles. The van der Waals surface area contributed by atoms with Crippen molar-refractivity contribution in [1.29, 1.82) is 0 Å². The van der Waals surface area contributed by atoms with Gasteiger partial charge in [-0.3, -0.25) is 4.90 Å². The summed E-state index contributed by atoms with van der Waals surface area (Å²) in [6.07, 6.45) is 0. The number of morpholine rings is 1. The Morgan fingerprint density at radius 2 is 1.81 bits per heavy atom. The van der Waals surface area contributed by atoms with Crippen LogP contribution in [-0.2, 0) is 11.3 Å². The Kier molecular flexibility index (Phi) is 5.02. The van der Waals surface area contributed by atoms with E-state index in [0.717, 1.165) is 48.7 Å². The third-order valence-corrected chi connectivity index (χ3v) is 5.22. The zero-order valence-corrected chi connectivity index (χ0v) is 15.1. The number of ether oxygens (including phenoxy) is 1. The van der Waals surface area contributed by atoms with Gasteiger partial charge >= 0.3 is 0 Å². The number of benzene rings is 2. The minimum absolute atomic E-state index is 0.0967. The van der Waals surface area contributed by atoms with Crippen LogP contribution in [0.15, 0.2) is 48.5 Å². The molecular formula is C21H25N3O2. The van der Waals surface area contributed by atoms with Crippen LogP contribution in [-0.4, -0.2) is 52.5 Å². The van der Waals surface area contributed by atoms with Gasteiger partial charge in [-0.2, -0.15) is 0 Å². The van der Waals surface area contributed by atoms with Crippen LogP contribution in [0.1, 0.15) is 18.5 Å². The molecule has 0 aliphatic carbocycles. The van der Waals surface area contributed by atoms with E-state index in [0.29, 0.717) is 12.6 Å². The van der Waals surface area contributed by atoms with E-state index in [4.69, 9.17) is 9.72 Å². The quantitative estimate of drug-likeness (QED) is 0.767. The molecule has 0 saturated carbocycles. The van der Waals surface area contributed by atoms with Gasteiger partial charge in [0.2, 0.25) is 0 Å². The Morgan fingerprint density at radius 1 is 1.08 bits per heavy atom. The Labute approximate surface area is 153 Å². The first-order valence-corrected chi connectivity index (χ1v) is 9.26. The van der Waals surface area contributed by atoms with Crippen LogP contribution in [0.25, 0.3) is 22.4 Å². The van der Waals surface area contributed by atoms with E-state index in [1.165, 1.54) is 5.56 Å². The van der Waals surface area contributed by atoms with Crippen molar-refractivity contribution in [2.75, 3.05) is 32.9 Å². The van der Waals surface area contributed by atoms with Crippen LogP contribution < -0.4 is 0 Å². The molecule has 1 atom stereocenters. The Hall–Kier alpha value is -2.21. The van der Waals surface area contributed by atoms with Crippen molar-refractivity contribution in [1.82, 2.24) is 14.5 Å². The molecule has 2 heterocycles. The summed E-state index contributed by atoms with van der Waals surface area (Å²) in [7, 11) is 0. The van der Waals surface area contributed by atoms with Gasteiger partial charge in [0, 0.05) is 31.2 Å². The fourth-order valence-electron chi connectivity index (χ4n) is 3.71. The molecule has 0 amide bonds. The van der Waals surface area contributed by atoms with Crippen LogP contribution in [0, 0.1) is 0 Å². The lowest BCUT2D eigenvalue weighted by Gasteiger charge is -2.32. The predicted molar refractivity (Wildman–Crippen MR) is 103 cm³/mol. The standard InChI is InChI=1S/C21H25N3O2/c1-16(23-11-14-26-15-12-23)17-6-8-18(9-7-17)21-22-19-4-2-3-5-20(19)24(21)10-13-25/h2-9,16,25H,10-15H2,1H3/t16-/m0/s1. The lowest BCUT2D eigenvalue weighted by molar-refractivity contribution is 0.0198. The third kappa shape index (κ3) is 3.26. The number of aromatic nitrogens is 2. The van der Waals surface area contributed by atoms with Crippen molar-refractivity contribution in [2.24, 2.45) is 0 Å². The number of fused-ring (bicyclic) bond motifs is 1. The molecule has 26 heavy (non-hydrogen) atoms.